The molecule has 1 aromatic carbocycles. The average Bonchev–Trinajstić information content (AvgIpc) is 2.75. The van der Waals surface area contributed by atoms with Gasteiger partial charge >= 0.3 is 0 Å². The fourth-order valence-electron chi connectivity index (χ4n) is 3.66. The Morgan fingerprint density at radius 1 is 1.07 bits per heavy atom. The summed E-state index contributed by atoms with van der Waals surface area (Å²) in [5, 5.41) is 6.59. The Hall–Kier alpha value is -3.03. The molecule has 8 heteroatoms. The highest BCUT2D eigenvalue weighted by atomic mass is 16.5. The number of ether oxygens (including phenoxy) is 2. The first kappa shape index (κ1) is 21.7. The van der Waals surface area contributed by atoms with Crippen LogP contribution in [0.3, 0.4) is 0 Å². The predicted octanol–water partition coefficient (Wildman–Crippen LogP) is 2.64. The third kappa shape index (κ3) is 5.98. The maximum absolute atomic E-state index is 12.5. The van der Waals surface area contributed by atoms with E-state index in [0.29, 0.717) is 29.9 Å². The molecule has 30 heavy (non-hydrogen) atoms. The first-order valence-corrected chi connectivity index (χ1v) is 10.2. The minimum Gasteiger partial charge on any atom is -0.497 e. The van der Waals surface area contributed by atoms with E-state index in [1.165, 1.54) is 0 Å². The maximum atomic E-state index is 12.5. The van der Waals surface area contributed by atoms with E-state index in [1.807, 2.05) is 37.2 Å². The van der Waals surface area contributed by atoms with Crippen molar-refractivity contribution >= 4 is 17.7 Å². The number of carbonyl (C=O) groups excluding carboxylic acids is 1. The lowest BCUT2D eigenvalue weighted by Crippen LogP contribution is -2.40. The summed E-state index contributed by atoms with van der Waals surface area (Å²) in [5.41, 5.74) is 0.872. The van der Waals surface area contributed by atoms with Gasteiger partial charge in [-0.1, -0.05) is 0 Å². The minimum atomic E-state index is 0.0173. The molecule has 2 aromatic rings. The number of anilines is 2. The Morgan fingerprint density at radius 3 is 2.30 bits per heavy atom. The molecule has 1 aliphatic carbocycles. The molecule has 1 saturated carbocycles. The third-order valence-electron chi connectivity index (χ3n) is 5.30. The van der Waals surface area contributed by atoms with E-state index >= 15 is 0 Å². The van der Waals surface area contributed by atoms with Gasteiger partial charge in [0.15, 0.2) is 0 Å². The number of carbonyl (C=O) groups is 1. The van der Waals surface area contributed by atoms with Crippen molar-refractivity contribution in [1.82, 2.24) is 15.3 Å². The molecule has 1 fully saturated rings. The lowest BCUT2D eigenvalue weighted by molar-refractivity contribution is -0.121. The molecule has 1 amide bonds. The number of benzene rings is 1. The summed E-state index contributed by atoms with van der Waals surface area (Å²) in [6.45, 7) is 0. The van der Waals surface area contributed by atoms with Gasteiger partial charge < -0.3 is 25.0 Å². The van der Waals surface area contributed by atoms with Gasteiger partial charge in [0.1, 0.15) is 17.3 Å². The molecule has 0 bridgehead atoms. The van der Waals surface area contributed by atoms with Crippen molar-refractivity contribution in [2.45, 2.75) is 44.2 Å². The van der Waals surface area contributed by atoms with Crippen molar-refractivity contribution in [2.24, 2.45) is 0 Å². The highest BCUT2D eigenvalue weighted by Gasteiger charge is 2.23. The van der Waals surface area contributed by atoms with E-state index in [1.54, 1.807) is 26.5 Å². The summed E-state index contributed by atoms with van der Waals surface area (Å²) >= 11 is 0. The van der Waals surface area contributed by atoms with Gasteiger partial charge in [0.05, 0.1) is 20.6 Å². The molecule has 1 heterocycles. The smallest absolute Gasteiger partial charge is 0.224 e. The van der Waals surface area contributed by atoms with Crippen LogP contribution < -0.4 is 25.0 Å². The summed E-state index contributed by atoms with van der Waals surface area (Å²) in [6.07, 6.45) is 5.86. The molecule has 162 valence electrons. The molecule has 0 unspecified atom stereocenters. The second-order valence-corrected chi connectivity index (χ2v) is 7.79. The van der Waals surface area contributed by atoms with Crippen molar-refractivity contribution in [3.05, 3.63) is 36.0 Å². The Kier molecular flexibility index (Phi) is 7.32. The van der Waals surface area contributed by atoms with Crippen LogP contribution in [0.1, 0.15) is 31.2 Å². The first-order chi connectivity index (χ1) is 14.5. The molecule has 1 aromatic heterocycles. The van der Waals surface area contributed by atoms with Crippen molar-refractivity contribution in [3.63, 3.8) is 0 Å². The van der Waals surface area contributed by atoms with Gasteiger partial charge in [0.2, 0.25) is 11.9 Å². The van der Waals surface area contributed by atoms with Crippen LogP contribution in [-0.2, 0) is 11.2 Å². The lowest BCUT2D eigenvalue weighted by Gasteiger charge is -2.29. The van der Waals surface area contributed by atoms with Crippen LogP contribution in [0.4, 0.5) is 11.8 Å². The van der Waals surface area contributed by atoms with Gasteiger partial charge in [-0.25, -0.2) is 4.98 Å². The number of hydrogen-bond acceptors (Lipinski definition) is 7. The number of methoxy groups -OCH3 is 2. The minimum absolute atomic E-state index is 0.0173. The van der Waals surface area contributed by atoms with Gasteiger partial charge in [-0.15, -0.1) is 0 Å². The lowest BCUT2D eigenvalue weighted by atomic mass is 9.91. The van der Waals surface area contributed by atoms with E-state index < -0.39 is 0 Å². The van der Waals surface area contributed by atoms with Crippen LogP contribution in [0, 0.1) is 0 Å². The number of nitrogens with one attached hydrogen (secondary N) is 2. The maximum Gasteiger partial charge on any atom is 0.224 e. The molecule has 0 spiro atoms. The van der Waals surface area contributed by atoms with Gasteiger partial charge in [0.25, 0.3) is 0 Å². The summed E-state index contributed by atoms with van der Waals surface area (Å²) < 4.78 is 10.6. The Labute approximate surface area is 178 Å². The Balaban J connectivity index is 1.47. The zero-order valence-electron chi connectivity index (χ0n) is 18.1. The van der Waals surface area contributed by atoms with Crippen molar-refractivity contribution in [2.75, 3.05) is 38.5 Å². The van der Waals surface area contributed by atoms with E-state index in [2.05, 4.69) is 20.6 Å². The number of hydrogen-bond donors (Lipinski definition) is 2. The van der Waals surface area contributed by atoms with Crippen LogP contribution in [-0.4, -0.2) is 56.3 Å². The van der Waals surface area contributed by atoms with Gasteiger partial charge in [-0.3, -0.25) is 4.79 Å². The predicted molar refractivity (Wildman–Crippen MR) is 117 cm³/mol. The number of rotatable bonds is 8. The molecule has 8 nitrogen and oxygen atoms in total. The standard InChI is InChI=1S/C22H31N5O3/c1-27(2)20-9-10-23-22(26-20)25-17-7-5-16(6-8-17)24-21(28)13-15-11-18(29-3)14-19(12-15)30-4/h9-12,14,16-17H,5-8,13H2,1-4H3,(H,24,28)(H,23,25,26). The zero-order valence-corrected chi connectivity index (χ0v) is 18.1. The van der Waals surface area contributed by atoms with E-state index in [0.717, 1.165) is 37.1 Å². The molecule has 0 aliphatic heterocycles. The SMILES string of the molecule is COc1cc(CC(=O)NC2CCC(Nc3nccc(N(C)C)n3)CC2)cc(OC)c1. The van der Waals surface area contributed by atoms with E-state index in [4.69, 9.17) is 9.47 Å². The Morgan fingerprint density at radius 2 is 1.70 bits per heavy atom. The number of aromatic nitrogens is 2. The molecule has 1 aliphatic rings. The van der Waals surface area contributed by atoms with E-state index in [-0.39, 0.29) is 11.9 Å². The van der Waals surface area contributed by atoms with Crippen LogP contribution >= 0.6 is 0 Å². The molecule has 0 radical (unpaired) electrons. The molecule has 0 saturated heterocycles. The van der Waals surface area contributed by atoms with Gasteiger partial charge in [-0.05, 0) is 49.4 Å². The van der Waals surface area contributed by atoms with Crippen molar-refractivity contribution < 1.29 is 14.3 Å². The van der Waals surface area contributed by atoms with Crippen LogP contribution in [0.25, 0.3) is 0 Å². The van der Waals surface area contributed by atoms with Crippen molar-refractivity contribution in [1.29, 1.82) is 0 Å². The fourth-order valence-corrected chi connectivity index (χ4v) is 3.66. The Bertz CT molecular complexity index is 828. The molecular formula is C22H31N5O3. The molecular weight excluding hydrogens is 382 g/mol. The second kappa shape index (κ2) is 10.1. The van der Waals surface area contributed by atoms with Crippen LogP contribution in [0.5, 0.6) is 11.5 Å². The molecule has 2 N–H and O–H groups in total. The number of nitrogens with zero attached hydrogens (tertiary/aromatic N) is 3. The van der Waals surface area contributed by atoms with Crippen LogP contribution in [0.2, 0.25) is 0 Å². The topological polar surface area (TPSA) is 88.6 Å². The highest BCUT2D eigenvalue weighted by Crippen LogP contribution is 2.24. The van der Waals surface area contributed by atoms with Gasteiger partial charge in [-0.2, -0.15) is 4.98 Å². The quantitative estimate of drug-likeness (QED) is 0.688. The van der Waals surface area contributed by atoms with Gasteiger partial charge in [0, 0.05) is 38.4 Å². The monoisotopic (exact) mass is 413 g/mol. The summed E-state index contributed by atoms with van der Waals surface area (Å²) in [6, 6.07) is 7.92. The average molecular weight is 414 g/mol. The van der Waals surface area contributed by atoms with E-state index in [9.17, 15) is 4.79 Å². The third-order valence-corrected chi connectivity index (χ3v) is 5.30. The summed E-state index contributed by atoms with van der Waals surface area (Å²) in [4.78, 5) is 23.3. The summed E-state index contributed by atoms with van der Waals surface area (Å²) in [7, 11) is 7.13. The normalized spacial score (nSPS) is 18.4. The highest BCUT2D eigenvalue weighted by molar-refractivity contribution is 5.79. The zero-order chi connectivity index (χ0) is 21.5. The molecule has 0 atom stereocenters. The fraction of sp³-hybridized carbons (Fsp3) is 0.500. The van der Waals surface area contributed by atoms with Crippen molar-refractivity contribution in [3.8, 4) is 11.5 Å². The first-order valence-electron chi connectivity index (χ1n) is 10.2. The van der Waals surface area contributed by atoms with Crippen LogP contribution in [0.15, 0.2) is 30.5 Å². The second-order valence-electron chi connectivity index (χ2n) is 7.79. The largest absolute Gasteiger partial charge is 0.497 e. The summed E-state index contributed by atoms with van der Waals surface area (Å²) in [5.74, 6) is 2.92. The molecule has 3 rings (SSSR count). The number of amides is 1.